The molecule has 0 bridgehead atoms. The Balaban J connectivity index is 2.12. The van der Waals surface area contributed by atoms with Gasteiger partial charge in [0.2, 0.25) is 5.91 Å². The van der Waals surface area contributed by atoms with Gasteiger partial charge in [-0.3, -0.25) is 4.79 Å². The van der Waals surface area contributed by atoms with Crippen LogP contribution in [0.5, 0.6) is 5.75 Å². The van der Waals surface area contributed by atoms with Gasteiger partial charge in [0, 0.05) is 10.5 Å². The van der Waals surface area contributed by atoms with Crippen molar-refractivity contribution >= 4 is 33.3 Å². The minimum absolute atomic E-state index is 0.178. The van der Waals surface area contributed by atoms with Gasteiger partial charge in [-0.15, -0.1) is 0 Å². The Kier molecular flexibility index (Phi) is 6.04. The fourth-order valence-electron chi connectivity index (χ4n) is 2.08. The van der Waals surface area contributed by atoms with Crippen molar-refractivity contribution in [3.8, 4) is 5.75 Å². The monoisotopic (exact) mass is 381 g/mol. The summed E-state index contributed by atoms with van der Waals surface area (Å²) in [5.41, 5.74) is 0.763. The summed E-state index contributed by atoms with van der Waals surface area (Å²) in [6, 6.07) is 6.91. The lowest BCUT2D eigenvalue weighted by Crippen LogP contribution is -2.34. The number of anilines is 2. The lowest BCUT2D eigenvalue weighted by Gasteiger charge is -2.19. The Morgan fingerprint density at radius 1 is 1.39 bits per heavy atom. The van der Waals surface area contributed by atoms with Gasteiger partial charge >= 0.3 is 0 Å². The smallest absolute Gasteiger partial charge is 0.248 e. The van der Waals surface area contributed by atoms with Crippen LogP contribution in [0.15, 0.2) is 33.3 Å². The largest absolute Gasteiger partial charge is 0.492 e. The molecule has 23 heavy (non-hydrogen) atoms. The van der Waals surface area contributed by atoms with Crippen LogP contribution in [0, 0.1) is 6.92 Å². The quantitative estimate of drug-likeness (QED) is 0.758. The Bertz CT molecular complexity index is 672. The van der Waals surface area contributed by atoms with Crippen LogP contribution in [-0.4, -0.2) is 23.7 Å². The van der Waals surface area contributed by atoms with Gasteiger partial charge in [0.05, 0.1) is 12.3 Å². The molecular weight excluding hydrogens is 362 g/mol. The number of rotatable bonds is 7. The molecule has 1 atom stereocenters. The molecule has 0 aliphatic carbocycles. The number of amides is 1. The Morgan fingerprint density at radius 3 is 2.78 bits per heavy atom. The summed E-state index contributed by atoms with van der Waals surface area (Å²) >= 11 is 3.43. The molecule has 6 nitrogen and oxygen atoms in total. The predicted molar refractivity (Wildman–Crippen MR) is 92.9 cm³/mol. The molecule has 0 spiro atoms. The SMILES string of the molecule is CCOc1ccc(Br)cc1NC(CC)C(=O)Nc1cc(C)on1. The Morgan fingerprint density at radius 2 is 2.17 bits per heavy atom. The molecule has 0 aliphatic heterocycles. The van der Waals surface area contributed by atoms with Crippen LogP contribution in [0.3, 0.4) is 0 Å². The van der Waals surface area contributed by atoms with Crippen LogP contribution in [0.4, 0.5) is 11.5 Å². The van der Waals surface area contributed by atoms with Crippen molar-refractivity contribution in [2.24, 2.45) is 0 Å². The van der Waals surface area contributed by atoms with Crippen molar-refractivity contribution in [2.45, 2.75) is 33.2 Å². The van der Waals surface area contributed by atoms with E-state index in [1.165, 1.54) is 0 Å². The van der Waals surface area contributed by atoms with Crippen LogP contribution >= 0.6 is 15.9 Å². The third-order valence-corrected chi connectivity index (χ3v) is 3.67. The average Bonchev–Trinajstić information content (AvgIpc) is 2.92. The summed E-state index contributed by atoms with van der Waals surface area (Å²) in [6.07, 6.45) is 0.612. The maximum Gasteiger partial charge on any atom is 0.248 e. The van der Waals surface area contributed by atoms with E-state index in [0.717, 1.165) is 10.2 Å². The molecule has 1 aromatic carbocycles. The molecule has 0 saturated heterocycles. The summed E-state index contributed by atoms with van der Waals surface area (Å²) < 4.78 is 11.5. The standard InChI is InChI=1S/C16H20BrN3O3/c1-4-12(16(21)19-15-8-10(3)23-20-15)18-13-9-11(17)6-7-14(13)22-5-2/h6-9,12,18H,4-5H2,1-3H3,(H,19,20,21). The van der Waals surface area contributed by atoms with Gasteiger partial charge in [-0.1, -0.05) is 28.0 Å². The first-order valence-electron chi connectivity index (χ1n) is 7.46. The van der Waals surface area contributed by atoms with Gasteiger partial charge in [-0.25, -0.2) is 0 Å². The van der Waals surface area contributed by atoms with E-state index in [9.17, 15) is 4.79 Å². The fraction of sp³-hybridized carbons (Fsp3) is 0.375. The van der Waals surface area contributed by atoms with E-state index < -0.39 is 6.04 Å². The summed E-state index contributed by atoms with van der Waals surface area (Å²) in [5, 5.41) is 9.74. The van der Waals surface area contributed by atoms with E-state index in [0.29, 0.717) is 30.4 Å². The number of aryl methyl sites for hydroxylation is 1. The molecule has 1 aromatic heterocycles. The van der Waals surface area contributed by atoms with Crippen LogP contribution in [0.2, 0.25) is 0 Å². The molecule has 2 rings (SSSR count). The Labute approximate surface area is 143 Å². The van der Waals surface area contributed by atoms with Crippen LogP contribution in [-0.2, 0) is 4.79 Å². The van der Waals surface area contributed by atoms with Crippen molar-refractivity contribution in [2.75, 3.05) is 17.2 Å². The van der Waals surface area contributed by atoms with Gasteiger partial charge in [-0.2, -0.15) is 0 Å². The van der Waals surface area contributed by atoms with E-state index in [4.69, 9.17) is 9.26 Å². The molecule has 1 unspecified atom stereocenters. The Hall–Kier alpha value is -2.02. The molecule has 0 fully saturated rings. The van der Waals surface area contributed by atoms with Gasteiger partial charge in [-0.05, 0) is 38.5 Å². The molecule has 0 aliphatic rings. The number of hydrogen-bond acceptors (Lipinski definition) is 5. The van der Waals surface area contributed by atoms with Crippen molar-refractivity contribution in [1.82, 2.24) is 5.16 Å². The van der Waals surface area contributed by atoms with Gasteiger partial charge in [0.15, 0.2) is 5.82 Å². The molecule has 124 valence electrons. The van der Waals surface area contributed by atoms with Crippen molar-refractivity contribution < 1.29 is 14.1 Å². The minimum Gasteiger partial charge on any atom is -0.492 e. The number of carbonyl (C=O) groups is 1. The van der Waals surface area contributed by atoms with Gasteiger partial charge in [0.25, 0.3) is 0 Å². The van der Waals surface area contributed by atoms with E-state index in [1.807, 2.05) is 32.0 Å². The first kappa shape index (κ1) is 17.3. The number of nitrogens with one attached hydrogen (secondary N) is 2. The highest BCUT2D eigenvalue weighted by molar-refractivity contribution is 9.10. The van der Waals surface area contributed by atoms with Gasteiger partial charge in [0.1, 0.15) is 17.6 Å². The zero-order valence-corrected chi connectivity index (χ0v) is 14.9. The maximum atomic E-state index is 12.4. The summed E-state index contributed by atoms with van der Waals surface area (Å²) in [7, 11) is 0. The highest BCUT2D eigenvalue weighted by atomic mass is 79.9. The number of benzene rings is 1. The van der Waals surface area contributed by atoms with Crippen LogP contribution < -0.4 is 15.4 Å². The molecule has 2 N–H and O–H groups in total. The third kappa shape index (κ3) is 4.72. The summed E-state index contributed by atoms with van der Waals surface area (Å²) in [6.45, 7) is 6.18. The second-order valence-corrected chi connectivity index (χ2v) is 5.91. The van der Waals surface area contributed by atoms with E-state index in [-0.39, 0.29) is 5.91 Å². The van der Waals surface area contributed by atoms with E-state index in [1.54, 1.807) is 13.0 Å². The molecule has 1 heterocycles. The van der Waals surface area contributed by atoms with Crippen LogP contribution in [0.25, 0.3) is 0 Å². The normalized spacial score (nSPS) is 11.8. The minimum atomic E-state index is -0.416. The fourth-order valence-corrected chi connectivity index (χ4v) is 2.44. The highest BCUT2D eigenvalue weighted by Gasteiger charge is 2.19. The molecular formula is C16H20BrN3O3. The van der Waals surface area contributed by atoms with Crippen molar-refractivity contribution in [3.63, 3.8) is 0 Å². The van der Waals surface area contributed by atoms with Gasteiger partial charge < -0.3 is 19.9 Å². The lowest BCUT2D eigenvalue weighted by molar-refractivity contribution is -0.117. The second-order valence-electron chi connectivity index (χ2n) is 4.99. The van der Waals surface area contributed by atoms with Crippen LogP contribution in [0.1, 0.15) is 26.0 Å². The zero-order chi connectivity index (χ0) is 16.8. The number of hydrogen-bond donors (Lipinski definition) is 2. The zero-order valence-electron chi connectivity index (χ0n) is 13.4. The second kappa shape index (κ2) is 8.01. The third-order valence-electron chi connectivity index (χ3n) is 3.18. The number of aromatic nitrogens is 1. The molecule has 1 amide bonds. The summed E-state index contributed by atoms with van der Waals surface area (Å²) in [5.74, 6) is 1.58. The number of halogens is 1. The topological polar surface area (TPSA) is 76.4 Å². The number of carbonyl (C=O) groups excluding carboxylic acids is 1. The van der Waals surface area contributed by atoms with Crippen molar-refractivity contribution in [3.05, 3.63) is 34.5 Å². The van der Waals surface area contributed by atoms with E-state index in [2.05, 4.69) is 31.7 Å². The molecule has 0 saturated carbocycles. The molecule has 0 radical (unpaired) electrons. The van der Waals surface area contributed by atoms with E-state index >= 15 is 0 Å². The first-order chi connectivity index (χ1) is 11.0. The highest BCUT2D eigenvalue weighted by Crippen LogP contribution is 2.29. The number of ether oxygens (including phenoxy) is 1. The lowest BCUT2D eigenvalue weighted by atomic mass is 10.2. The first-order valence-corrected chi connectivity index (χ1v) is 8.25. The number of nitrogens with zero attached hydrogens (tertiary/aromatic N) is 1. The average molecular weight is 382 g/mol. The maximum absolute atomic E-state index is 12.4. The van der Waals surface area contributed by atoms with Crippen molar-refractivity contribution in [1.29, 1.82) is 0 Å². The summed E-state index contributed by atoms with van der Waals surface area (Å²) in [4.78, 5) is 12.4. The molecule has 2 aromatic rings. The molecule has 7 heteroatoms. The predicted octanol–water partition coefficient (Wildman–Crippen LogP) is 3.97.